The van der Waals surface area contributed by atoms with Gasteiger partial charge in [0.25, 0.3) is 0 Å². The van der Waals surface area contributed by atoms with Gasteiger partial charge in [-0.3, -0.25) is 0 Å². The summed E-state index contributed by atoms with van der Waals surface area (Å²) in [5.41, 5.74) is 1.03. The lowest BCUT2D eigenvalue weighted by atomic mass is 10.2. The second-order valence-corrected chi connectivity index (χ2v) is 2.29. The van der Waals surface area contributed by atoms with Crippen molar-refractivity contribution in [3.8, 4) is 11.5 Å². The van der Waals surface area contributed by atoms with Crippen LogP contribution in [-0.4, -0.2) is 14.2 Å². The first-order valence-corrected chi connectivity index (χ1v) is 3.38. The van der Waals surface area contributed by atoms with Gasteiger partial charge in [0.1, 0.15) is 11.5 Å². The van der Waals surface area contributed by atoms with E-state index in [-0.39, 0.29) is 0 Å². The van der Waals surface area contributed by atoms with Crippen molar-refractivity contribution in [2.24, 2.45) is 0 Å². The summed E-state index contributed by atoms with van der Waals surface area (Å²) >= 11 is 0. The van der Waals surface area contributed by atoms with E-state index in [1.54, 1.807) is 14.2 Å². The summed E-state index contributed by atoms with van der Waals surface area (Å²) in [6, 6.07) is 3.92. The Morgan fingerprint density at radius 1 is 1.18 bits per heavy atom. The van der Waals surface area contributed by atoms with Crippen molar-refractivity contribution in [3.63, 3.8) is 0 Å². The molecule has 0 radical (unpaired) electrons. The van der Waals surface area contributed by atoms with Crippen LogP contribution in [0.2, 0.25) is 0 Å². The van der Waals surface area contributed by atoms with Gasteiger partial charge in [0, 0.05) is 6.04 Å². The molecule has 0 atom stereocenters. The molecule has 0 saturated heterocycles. The van der Waals surface area contributed by atoms with E-state index in [1.807, 2.05) is 19.1 Å². The minimum Gasteiger partial charge on any atom is -0.497 e. The van der Waals surface area contributed by atoms with Gasteiger partial charge in [-0.05, 0) is 24.6 Å². The molecule has 2 nitrogen and oxygen atoms in total. The molecule has 0 fully saturated rings. The third kappa shape index (κ3) is 1.87. The minimum absolute atomic E-state index is 0.297. The van der Waals surface area contributed by atoms with Crippen LogP contribution in [0.4, 0.5) is 0 Å². The first-order chi connectivity index (χ1) is 5.69. The van der Waals surface area contributed by atoms with Crippen molar-refractivity contribution >= 4 is 0 Å². The summed E-state index contributed by atoms with van der Waals surface area (Å²) in [6.45, 7) is 1.94. The second-order valence-electron chi connectivity index (χ2n) is 2.29. The molecule has 2 heteroatoms. The van der Waals surface area contributed by atoms with Crippen molar-refractivity contribution in [1.82, 2.24) is 0 Å². The van der Waals surface area contributed by atoms with Gasteiger partial charge in [-0.15, -0.1) is 0 Å². The number of hydrogen-bond acceptors (Lipinski definition) is 2. The van der Waals surface area contributed by atoms with E-state index < -0.39 is 0 Å². The van der Waals surface area contributed by atoms with Crippen LogP contribution in [0.3, 0.4) is 0 Å². The highest BCUT2D eigenvalue weighted by Gasteiger charge is 1.96. The van der Waals surface area contributed by atoms with Crippen molar-refractivity contribution in [3.05, 3.63) is 23.7 Å². The summed E-state index contributed by atoms with van der Waals surface area (Å²) < 4.78 is 17.6. The summed E-state index contributed by atoms with van der Waals surface area (Å²) in [5, 5.41) is 0. The molecule has 0 aliphatic heterocycles. The van der Waals surface area contributed by atoms with Gasteiger partial charge in [-0.1, -0.05) is 0 Å². The third-order valence-corrected chi connectivity index (χ3v) is 1.40. The van der Waals surface area contributed by atoms with Gasteiger partial charge in [0.15, 0.2) is 0 Å². The zero-order valence-electron chi connectivity index (χ0n) is 7.97. The predicted molar refractivity (Wildman–Crippen MR) is 44.3 cm³/mol. The minimum atomic E-state index is 0.297. The first-order valence-electron chi connectivity index (χ1n) is 3.88. The summed E-state index contributed by atoms with van der Waals surface area (Å²) in [4.78, 5) is 0. The Hall–Kier alpha value is -1.18. The molecule has 0 heterocycles. The zero-order valence-corrected chi connectivity index (χ0v) is 6.97. The van der Waals surface area contributed by atoms with E-state index in [1.165, 1.54) is 0 Å². The Labute approximate surface area is 68.2 Å². The number of methoxy groups -OCH3 is 2. The standard InChI is InChI=1S/C9H12O2/c1-7-4-8(10-2)6-9(5-7)11-3/h4-6H,1-3H3/i6D. The molecule has 0 saturated carbocycles. The number of rotatable bonds is 2. The molecule has 60 valence electrons. The molecule has 0 spiro atoms. The normalized spacial score (nSPS) is 10.6. The highest BCUT2D eigenvalue weighted by Crippen LogP contribution is 2.21. The zero-order chi connectivity index (χ0) is 9.14. The molecule has 0 unspecified atom stereocenters. The first kappa shape index (κ1) is 6.53. The van der Waals surface area contributed by atoms with Gasteiger partial charge < -0.3 is 9.47 Å². The van der Waals surface area contributed by atoms with Gasteiger partial charge >= 0.3 is 0 Å². The number of hydrogen-bond donors (Lipinski definition) is 0. The van der Waals surface area contributed by atoms with Crippen molar-refractivity contribution in [2.75, 3.05) is 14.2 Å². The van der Waals surface area contributed by atoms with Crippen LogP contribution < -0.4 is 9.47 Å². The molecule has 0 aliphatic carbocycles. The van der Waals surface area contributed by atoms with Crippen LogP contribution in [0.25, 0.3) is 0 Å². The molecular formula is C9H12O2. The highest BCUT2D eigenvalue weighted by molar-refractivity contribution is 5.37. The summed E-state index contributed by atoms with van der Waals surface area (Å²) in [5.74, 6) is 1.10. The Bertz CT molecular complexity index is 259. The monoisotopic (exact) mass is 153 g/mol. The van der Waals surface area contributed by atoms with Gasteiger partial charge in [-0.2, -0.15) is 0 Å². The lowest BCUT2D eigenvalue weighted by molar-refractivity contribution is 0.394. The Kier molecular flexibility index (Phi) is 1.95. The second kappa shape index (κ2) is 3.28. The smallest absolute Gasteiger partial charge is 0.122 e. The maximum atomic E-state index is 7.59. The Morgan fingerprint density at radius 3 is 2.00 bits per heavy atom. The molecule has 1 aromatic carbocycles. The summed E-state index contributed by atoms with van der Waals surface area (Å²) in [7, 11) is 3.10. The average molecular weight is 153 g/mol. The number of ether oxygens (including phenoxy) is 2. The van der Waals surface area contributed by atoms with E-state index >= 15 is 0 Å². The molecule has 0 aliphatic rings. The van der Waals surface area contributed by atoms with Crippen LogP contribution in [0.1, 0.15) is 6.93 Å². The maximum Gasteiger partial charge on any atom is 0.122 e. The number of aryl methyl sites for hydroxylation is 1. The number of benzene rings is 1. The van der Waals surface area contributed by atoms with Crippen LogP contribution >= 0.6 is 0 Å². The third-order valence-electron chi connectivity index (χ3n) is 1.40. The fourth-order valence-electron chi connectivity index (χ4n) is 0.869. The van der Waals surface area contributed by atoms with Crippen LogP contribution in [0.15, 0.2) is 18.2 Å². The molecular weight excluding hydrogens is 140 g/mol. The van der Waals surface area contributed by atoms with Crippen molar-refractivity contribution in [2.45, 2.75) is 6.92 Å². The SMILES string of the molecule is [2H]c1c(OC)cc(C)cc1OC. The summed E-state index contributed by atoms with van der Waals surface area (Å²) in [6.07, 6.45) is 0. The van der Waals surface area contributed by atoms with Gasteiger partial charge in [-0.25, -0.2) is 0 Å². The van der Waals surface area contributed by atoms with E-state index in [9.17, 15) is 0 Å². The van der Waals surface area contributed by atoms with Crippen LogP contribution in [0, 0.1) is 6.92 Å². The Balaban J connectivity index is 3.22. The molecule has 0 aromatic heterocycles. The molecule has 0 amide bonds. The molecule has 1 aromatic rings. The molecule has 0 N–H and O–H groups in total. The van der Waals surface area contributed by atoms with Crippen molar-refractivity contribution < 1.29 is 10.8 Å². The van der Waals surface area contributed by atoms with E-state index in [0.717, 1.165) is 5.56 Å². The molecule has 0 bridgehead atoms. The maximum absolute atomic E-state index is 7.59. The quantitative estimate of drug-likeness (QED) is 0.647. The predicted octanol–water partition coefficient (Wildman–Crippen LogP) is 2.01. The van der Waals surface area contributed by atoms with Crippen LogP contribution in [-0.2, 0) is 0 Å². The highest BCUT2D eigenvalue weighted by atomic mass is 16.5. The average Bonchev–Trinajstić information content (AvgIpc) is 2.08. The molecule has 1 rings (SSSR count). The van der Waals surface area contributed by atoms with E-state index in [0.29, 0.717) is 17.5 Å². The van der Waals surface area contributed by atoms with Gasteiger partial charge in [0.2, 0.25) is 0 Å². The van der Waals surface area contributed by atoms with Crippen molar-refractivity contribution in [1.29, 1.82) is 0 Å². The lowest BCUT2D eigenvalue weighted by Gasteiger charge is -2.04. The lowest BCUT2D eigenvalue weighted by Crippen LogP contribution is -1.87. The fraction of sp³-hybridized carbons (Fsp3) is 0.333. The van der Waals surface area contributed by atoms with E-state index in [4.69, 9.17) is 10.8 Å². The van der Waals surface area contributed by atoms with Gasteiger partial charge in [0.05, 0.1) is 15.6 Å². The largest absolute Gasteiger partial charge is 0.497 e. The molecule has 11 heavy (non-hydrogen) atoms. The van der Waals surface area contributed by atoms with Crippen LogP contribution in [0.5, 0.6) is 11.5 Å². The van der Waals surface area contributed by atoms with E-state index in [2.05, 4.69) is 0 Å². The fourth-order valence-corrected chi connectivity index (χ4v) is 0.869. The topological polar surface area (TPSA) is 18.5 Å². The Morgan fingerprint density at radius 2 is 1.64 bits per heavy atom.